The smallest absolute Gasteiger partial charge is 0.0656 e. The molecule has 0 radical (unpaired) electrons. The Hall–Kier alpha value is -0.660. The van der Waals surface area contributed by atoms with Crippen molar-refractivity contribution in [1.29, 1.82) is 0 Å². The molecular weight excluding hydrogens is 88.1 g/mol. The molecule has 7 heavy (non-hydrogen) atoms. The number of rotatable bonds is 2. The van der Waals surface area contributed by atoms with Crippen molar-refractivity contribution in [3.63, 3.8) is 0 Å². The Morgan fingerprint density at radius 1 is 1.57 bits per heavy atom. The summed E-state index contributed by atoms with van der Waals surface area (Å²) >= 11 is 0. The van der Waals surface area contributed by atoms with E-state index in [-0.39, 0.29) is 6.04 Å². The van der Waals surface area contributed by atoms with Gasteiger partial charge in [0.1, 0.15) is 0 Å². The fourth-order valence-electron chi connectivity index (χ4n) is 0.180. The van der Waals surface area contributed by atoms with E-state index < -0.39 is 0 Å². The highest BCUT2D eigenvalue weighted by Crippen LogP contribution is 1.85. The zero-order valence-electron chi connectivity index (χ0n) is 4.76. The van der Waals surface area contributed by atoms with Gasteiger partial charge in [-0.3, -0.25) is 0 Å². The summed E-state index contributed by atoms with van der Waals surface area (Å²) in [5.74, 6) is 0. The van der Waals surface area contributed by atoms with Gasteiger partial charge in [0.05, 0.1) is 6.04 Å². The van der Waals surface area contributed by atoms with Crippen LogP contribution >= 0.6 is 0 Å². The highest BCUT2D eigenvalue weighted by Gasteiger charge is 1.79. The Balaban J connectivity index is 3.25. The van der Waals surface area contributed by atoms with E-state index in [1.165, 1.54) is 6.20 Å². The molecule has 0 spiro atoms. The Morgan fingerprint density at radius 2 is 2.14 bits per heavy atom. The van der Waals surface area contributed by atoms with Crippen LogP contribution in [0.4, 0.5) is 0 Å². The molecule has 0 aliphatic rings. The van der Waals surface area contributed by atoms with Crippen LogP contribution in [0.15, 0.2) is 23.0 Å². The largest absolute Gasteiger partial charge is 0.187 e. The van der Waals surface area contributed by atoms with Crippen molar-refractivity contribution in [1.82, 2.24) is 0 Å². The molecule has 0 aliphatic carbocycles. The average molecular weight is 98.1 g/mol. The molecule has 0 amide bonds. The van der Waals surface area contributed by atoms with Gasteiger partial charge >= 0.3 is 0 Å². The molecule has 0 aromatic heterocycles. The third kappa shape index (κ3) is 5.34. The number of hydrogen-bond donors (Lipinski definition) is 0. The van der Waals surface area contributed by atoms with Crippen LogP contribution in [0, 0.1) is 0 Å². The maximum atomic E-state index is 3.75. The van der Waals surface area contributed by atoms with Gasteiger partial charge in [-0.05, 0) is 13.8 Å². The topological polar surface area (TPSA) is 24.7 Å². The van der Waals surface area contributed by atoms with Gasteiger partial charge in [-0.15, -0.1) is 0 Å². The molecule has 0 saturated carbocycles. The molecule has 0 aliphatic heterocycles. The summed E-state index contributed by atoms with van der Waals surface area (Å²) < 4.78 is 0. The Kier molecular flexibility index (Phi) is 3.19. The van der Waals surface area contributed by atoms with Crippen molar-refractivity contribution in [3.8, 4) is 0 Å². The van der Waals surface area contributed by atoms with Gasteiger partial charge in [0.15, 0.2) is 0 Å². The minimum atomic E-state index is 0.290. The second kappa shape index (κ2) is 3.53. The van der Waals surface area contributed by atoms with Gasteiger partial charge in [-0.25, -0.2) is 0 Å². The molecule has 40 valence electrons. The maximum absolute atomic E-state index is 3.75. The number of azo groups is 1. The first-order chi connectivity index (χ1) is 3.27. The van der Waals surface area contributed by atoms with Gasteiger partial charge in [0.25, 0.3) is 0 Å². The monoisotopic (exact) mass is 98.1 g/mol. The van der Waals surface area contributed by atoms with Gasteiger partial charge in [-0.2, -0.15) is 10.2 Å². The van der Waals surface area contributed by atoms with E-state index in [1.54, 1.807) is 0 Å². The van der Waals surface area contributed by atoms with Crippen LogP contribution in [0.3, 0.4) is 0 Å². The van der Waals surface area contributed by atoms with Crippen LogP contribution in [-0.4, -0.2) is 6.04 Å². The molecule has 0 heterocycles. The zero-order valence-corrected chi connectivity index (χ0v) is 4.76. The predicted molar refractivity (Wildman–Crippen MR) is 30.2 cm³/mol. The van der Waals surface area contributed by atoms with Gasteiger partial charge in [0, 0.05) is 6.20 Å². The first kappa shape index (κ1) is 6.34. The molecular formula is C5H10N2. The highest BCUT2D eigenvalue weighted by atomic mass is 15.1. The molecule has 0 saturated heterocycles. The quantitative estimate of drug-likeness (QED) is 0.472. The van der Waals surface area contributed by atoms with E-state index in [2.05, 4.69) is 16.8 Å². The van der Waals surface area contributed by atoms with Crippen LogP contribution in [0.2, 0.25) is 0 Å². The van der Waals surface area contributed by atoms with Crippen molar-refractivity contribution >= 4 is 0 Å². The van der Waals surface area contributed by atoms with E-state index >= 15 is 0 Å². The summed E-state index contributed by atoms with van der Waals surface area (Å²) in [6, 6.07) is 0.290. The summed E-state index contributed by atoms with van der Waals surface area (Å²) in [6.45, 7) is 7.30. The van der Waals surface area contributed by atoms with Crippen LogP contribution in [-0.2, 0) is 0 Å². The normalized spacial score (nSPS) is 10.7. The van der Waals surface area contributed by atoms with Crippen molar-refractivity contribution < 1.29 is 0 Å². The lowest BCUT2D eigenvalue weighted by Crippen LogP contribution is -1.82. The summed E-state index contributed by atoms with van der Waals surface area (Å²) in [5.41, 5.74) is 0. The Bertz CT molecular complexity index is 74.1. The van der Waals surface area contributed by atoms with E-state index in [1.807, 2.05) is 13.8 Å². The van der Waals surface area contributed by atoms with Crippen LogP contribution in [0.5, 0.6) is 0 Å². The second-order valence-electron chi connectivity index (χ2n) is 1.51. The lowest BCUT2D eigenvalue weighted by atomic mass is 10.4. The summed E-state index contributed by atoms with van der Waals surface area (Å²) in [5, 5.41) is 7.31. The van der Waals surface area contributed by atoms with Crippen molar-refractivity contribution in [3.05, 3.63) is 12.8 Å². The number of hydrogen-bond acceptors (Lipinski definition) is 2. The van der Waals surface area contributed by atoms with Gasteiger partial charge in [0.2, 0.25) is 0 Å². The third-order valence-corrected chi connectivity index (χ3v) is 0.379. The van der Waals surface area contributed by atoms with Crippen molar-refractivity contribution in [2.24, 2.45) is 10.2 Å². The molecule has 0 aromatic carbocycles. The molecule has 0 aromatic rings. The third-order valence-electron chi connectivity index (χ3n) is 0.379. The summed E-state index contributed by atoms with van der Waals surface area (Å²) in [6.07, 6.45) is 1.43. The molecule has 0 unspecified atom stereocenters. The highest BCUT2D eigenvalue weighted by molar-refractivity contribution is 4.58. The van der Waals surface area contributed by atoms with E-state index in [4.69, 9.17) is 0 Å². The standard InChI is InChI=1S/C5H10N2/c1-4-6-7-5(2)3/h4-5H,1H2,2-3H3. The molecule has 0 atom stereocenters. The Morgan fingerprint density at radius 3 is 2.29 bits per heavy atom. The zero-order chi connectivity index (χ0) is 5.70. The molecule has 0 rings (SSSR count). The summed E-state index contributed by atoms with van der Waals surface area (Å²) in [4.78, 5) is 0. The minimum Gasteiger partial charge on any atom is -0.187 e. The molecule has 0 bridgehead atoms. The first-order valence-corrected chi connectivity index (χ1v) is 2.28. The van der Waals surface area contributed by atoms with E-state index in [0.29, 0.717) is 0 Å². The average Bonchev–Trinajstić information content (AvgIpc) is 1.61. The fraction of sp³-hybridized carbons (Fsp3) is 0.600. The predicted octanol–water partition coefficient (Wildman–Crippen LogP) is 1.99. The van der Waals surface area contributed by atoms with E-state index in [0.717, 1.165) is 0 Å². The van der Waals surface area contributed by atoms with Crippen molar-refractivity contribution in [2.45, 2.75) is 19.9 Å². The maximum Gasteiger partial charge on any atom is 0.0656 e. The molecule has 2 nitrogen and oxygen atoms in total. The van der Waals surface area contributed by atoms with Gasteiger partial charge in [-0.1, -0.05) is 6.58 Å². The molecule has 2 heteroatoms. The summed E-state index contributed by atoms with van der Waals surface area (Å²) in [7, 11) is 0. The van der Waals surface area contributed by atoms with Crippen molar-refractivity contribution in [2.75, 3.05) is 0 Å². The lowest BCUT2D eigenvalue weighted by molar-refractivity contribution is 0.777. The second-order valence-corrected chi connectivity index (χ2v) is 1.51. The fourth-order valence-corrected chi connectivity index (χ4v) is 0.180. The number of nitrogens with zero attached hydrogens (tertiary/aromatic N) is 2. The Labute approximate surface area is 44.0 Å². The SMILES string of the molecule is C=CN=NC(C)C. The van der Waals surface area contributed by atoms with Crippen LogP contribution in [0.1, 0.15) is 13.8 Å². The van der Waals surface area contributed by atoms with E-state index in [9.17, 15) is 0 Å². The van der Waals surface area contributed by atoms with Gasteiger partial charge < -0.3 is 0 Å². The van der Waals surface area contributed by atoms with Crippen LogP contribution in [0.25, 0.3) is 0 Å². The minimum absolute atomic E-state index is 0.290. The first-order valence-electron chi connectivity index (χ1n) is 2.28. The molecule has 0 N–H and O–H groups in total. The molecule has 0 fully saturated rings. The lowest BCUT2D eigenvalue weighted by Gasteiger charge is -1.86. The van der Waals surface area contributed by atoms with Crippen LogP contribution < -0.4 is 0 Å².